The third kappa shape index (κ3) is 2.12. The number of amides is 1. The lowest BCUT2D eigenvalue weighted by Crippen LogP contribution is -2.25. The molecule has 0 saturated carbocycles. The Kier molecular flexibility index (Phi) is 2.82. The van der Waals surface area contributed by atoms with Crippen LogP contribution in [-0.4, -0.2) is 17.4 Å². The number of carbonyl (C=O) groups excluding carboxylic acids is 1. The molecular weight excluding hydrogens is 236 g/mol. The highest BCUT2D eigenvalue weighted by atomic mass is 16.2. The molecule has 3 rings (SSSR count). The molecule has 0 unspecified atom stereocenters. The van der Waals surface area contributed by atoms with Crippen LogP contribution in [0.2, 0.25) is 0 Å². The minimum atomic E-state index is 0.115. The molecule has 1 amide bonds. The molecule has 1 aromatic heterocycles. The van der Waals surface area contributed by atoms with Gasteiger partial charge in [0, 0.05) is 37.1 Å². The molecule has 0 fully saturated rings. The standard InChI is InChI=1S/C16H16N2O/c1-11-7-15(10-17-9-11)13-3-4-16-14(8-13)5-6-18(16)12(2)19/h3-4,7-10H,5-6H2,1-2H3. The highest BCUT2D eigenvalue weighted by molar-refractivity contribution is 5.94. The summed E-state index contributed by atoms with van der Waals surface area (Å²) in [5.74, 6) is 0.115. The van der Waals surface area contributed by atoms with Crippen LogP contribution in [0.25, 0.3) is 11.1 Å². The van der Waals surface area contributed by atoms with Crippen molar-refractivity contribution in [1.82, 2.24) is 4.98 Å². The molecule has 3 heteroatoms. The van der Waals surface area contributed by atoms with Gasteiger partial charge in [-0.05, 0) is 48.2 Å². The maximum Gasteiger partial charge on any atom is 0.223 e. The lowest BCUT2D eigenvalue weighted by atomic mass is 10.0. The molecule has 0 radical (unpaired) electrons. The predicted octanol–water partition coefficient (Wildman–Crippen LogP) is 2.97. The Balaban J connectivity index is 2.02. The summed E-state index contributed by atoms with van der Waals surface area (Å²) in [4.78, 5) is 17.6. The van der Waals surface area contributed by atoms with Gasteiger partial charge in [-0.25, -0.2) is 0 Å². The van der Waals surface area contributed by atoms with Crippen LogP contribution >= 0.6 is 0 Å². The van der Waals surface area contributed by atoms with E-state index in [1.165, 1.54) is 11.1 Å². The van der Waals surface area contributed by atoms with Crippen LogP contribution in [0.15, 0.2) is 36.7 Å². The fraction of sp³-hybridized carbons (Fsp3) is 0.250. The van der Waals surface area contributed by atoms with Gasteiger partial charge in [0.05, 0.1) is 0 Å². The van der Waals surface area contributed by atoms with E-state index in [0.29, 0.717) is 0 Å². The molecule has 19 heavy (non-hydrogen) atoms. The number of benzene rings is 1. The number of anilines is 1. The molecule has 1 aliphatic rings. The quantitative estimate of drug-likeness (QED) is 0.781. The lowest BCUT2D eigenvalue weighted by molar-refractivity contribution is -0.116. The van der Waals surface area contributed by atoms with Gasteiger partial charge in [-0.15, -0.1) is 0 Å². The second kappa shape index (κ2) is 4.50. The molecule has 0 saturated heterocycles. The molecule has 0 spiro atoms. The zero-order chi connectivity index (χ0) is 13.4. The summed E-state index contributed by atoms with van der Waals surface area (Å²) in [5, 5.41) is 0. The number of rotatable bonds is 1. The molecular formula is C16H16N2O. The average molecular weight is 252 g/mol. The molecule has 0 bridgehead atoms. The van der Waals surface area contributed by atoms with E-state index in [1.54, 1.807) is 6.92 Å². The molecule has 1 aromatic carbocycles. The van der Waals surface area contributed by atoms with Gasteiger partial charge in [0.1, 0.15) is 0 Å². The monoisotopic (exact) mass is 252 g/mol. The summed E-state index contributed by atoms with van der Waals surface area (Å²) in [6.07, 6.45) is 4.67. The van der Waals surface area contributed by atoms with Gasteiger partial charge in [0.15, 0.2) is 0 Å². The van der Waals surface area contributed by atoms with Gasteiger partial charge >= 0.3 is 0 Å². The Bertz CT molecular complexity index is 649. The predicted molar refractivity (Wildman–Crippen MR) is 76.1 cm³/mol. The number of carbonyl (C=O) groups is 1. The van der Waals surface area contributed by atoms with Gasteiger partial charge in [-0.3, -0.25) is 9.78 Å². The summed E-state index contributed by atoms with van der Waals surface area (Å²) < 4.78 is 0. The van der Waals surface area contributed by atoms with E-state index < -0.39 is 0 Å². The van der Waals surface area contributed by atoms with E-state index in [1.807, 2.05) is 30.3 Å². The number of hydrogen-bond acceptors (Lipinski definition) is 2. The lowest BCUT2D eigenvalue weighted by Gasteiger charge is -2.14. The van der Waals surface area contributed by atoms with Gasteiger partial charge in [-0.1, -0.05) is 6.07 Å². The largest absolute Gasteiger partial charge is 0.312 e. The normalized spacial score (nSPS) is 13.5. The highest BCUT2D eigenvalue weighted by Crippen LogP contribution is 2.32. The number of hydrogen-bond donors (Lipinski definition) is 0. The average Bonchev–Trinajstić information content (AvgIpc) is 2.81. The molecule has 0 N–H and O–H groups in total. The van der Waals surface area contributed by atoms with Gasteiger partial charge in [0.2, 0.25) is 5.91 Å². The van der Waals surface area contributed by atoms with Gasteiger partial charge in [-0.2, -0.15) is 0 Å². The van der Waals surface area contributed by atoms with Crippen molar-refractivity contribution < 1.29 is 4.79 Å². The Morgan fingerprint density at radius 3 is 2.79 bits per heavy atom. The van der Waals surface area contributed by atoms with Crippen LogP contribution in [0.5, 0.6) is 0 Å². The molecule has 2 heterocycles. The maximum atomic E-state index is 11.5. The second-order valence-electron chi connectivity index (χ2n) is 5.02. The molecule has 1 aliphatic heterocycles. The van der Waals surface area contributed by atoms with E-state index in [-0.39, 0.29) is 5.91 Å². The first-order valence-electron chi connectivity index (χ1n) is 6.48. The van der Waals surface area contributed by atoms with E-state index >= 15 is 0 Å². The van der Waals surface area contributed by atoms with Crippen LogP contribution in [0.4, 0.5) is 5.69 Å². The number of fused-ring (bicyclic) bond motifs is 1. The van der Waals surface area contributed by atoms with E-state index in [4.69, 9.17) is 0 Å². The van der Waals surface area contributed by atoms with Crippen LogP contribution < -0.4 is 4.90 Å². The topological polar surface area (TPSA) is 33.2 Å². The number of pyridine rings is 1. The van der Waals surface area contributed by atoms with Crippen molar-refractivity contribution in [2.24, 2.45) is 0 Å². The summed E-state index contributed by atoms with van der Waals surface area (Å²) in [5.41, 5.74) is 5.75. The summed E-state index contributed by atoms with van der Waals surface area (Å²) in [6.45, 7) is 4.45. The molecule has 96 valence electrons. The van der Waals surface area contributed by atoms with Crippen molar-refractivity contribution in [3.05, 3.63) is 47.8 Å². The van der Waals surface area contributed by atoms with Crippen molar-refractivity contribution >= 4 is 11.6 Å². The van der Waals surface area contributed by atoms with E-state index in [2.05, 4.69) is 23.2 Å². The Morgan fingerprint density at radius 1 is 1.21 bits per heavy atom. The first kappa shape index (κ1) is 11.9. The third-order valence-electron chi connectivity index (χ3n) is 3.56. The van der Waals surface area contributed by atoms with Crippen LogP contribution in [0.1, 0.15) is 18.1 Å². The number of aryl methyl sites for hydroxylation is 1. The number of nitrogens with zero attached hydrogens (tertiary/aromatic N) is 2. The van der Waals surface area contributed by atoms with Crippen molar-refractivity contribution in [3.8, 4) is 11.1 Å². The summed E-state index contributed by atoms with van der Waals surface area (Å²) in [7, 11) is 0. The molecule has 0 aliphatic carbocycles. The summed E-state index contributed by atoms with van der Waals surface area (Å²) >= 11 is 0. The molecule has 0 atom stereocenters. The SMILES string of the molecule is CC(=O)N1CCc2cc(-c3cncc(C)c3)ccc21. The van der Waals surface area contributed by atoms with Gasteiger partial charge < -0.3 is 4.90 Å². The van der Waals surface area contributed by atoms with E-state index in [9.17, 15) is 4.79 Å². The summed E-state index contributed by atoms with van der Waals surface area (Å²) in [6, 6.07) is 8.42. The zero-order valence-electron chi connectivity index (χ0n) is 11.2. The number of aromatic nitrogens is 1. The zero-order valence-corrected chi connectivity index (χ0v) is 11.2. The molecule has 2 aromatic rings. The van der Waals surface area contributed by atoms with Gasteiger partial charge in [0.25, 0.3) is 0 Å². The third-order valence-corrected chi connectivity index (χ3v) is 3.56. The molecule has 3 nitrogen and oxygen atoms in total. The fourth-order valence-corrected chi connectivity index (χ4v) is 2.62. The van der Waals surface area contributed by atoms with Crippen molar-refractivity contribution in [1.29, 1.82) is 0 Å². The van der Waals surface area contributed by atoms with Crippen molar-refractivity contribution in [2.75, 3.05) is 11.4 Å². The highest BCUT2D eigenvalue weighted by Gasteiger charge is 2.22. The Morgan fingerprint density at radius 2 is 2.05 bits per heavy atom. The first-order valence-corrected chi connectivity index (χ1v) is 6.48. The van der Waals surface area contributed by atoms with Crippen molar-refractivity contribution in [3.63, 3.8) is 0 Å². The maximum absolute atomic E-state index is 11.5. The van der Waals surface area contributed by atoms with Crippen LogP contribution in [-0.2, 0) is 11.2 Å². The second-order valence-corrected chi connectivity index (χ2v) is 5.02. The van der Waals surface area contributed by atoms with Crippen LogP contribution in [0.3, 0.4) is 0 Å². The fourth-order valence-electron chi connectivity index (χ4n) is 2.62. The van der Waals surface area contributed by atoms with E-state index in [0.717, 1.165) is 29.8 Å². The van der Waals surface area contributed by atoms with Crippen LogP contribution in [0, 0.1) is 6.92 Å². The first-order chi connectivity index (χ1) is 9.15. The smallest absolute Gasteiger partial charge is 0.223 e. The van der Waals surface area contributed by atoms with Crippen molar-refractivity contribution in [2.45, 2.75) is 20.3 Å². The minimum Gasteiger partial charge on any atom is -0.312 e. The Labute approximate surface area is 112 Å². The minimum absolute atomic E-state index is 0.115. The Hall–Kier alpha value is -2.16.